The fourth-order valence-electron chi connectivity index (χ4n) is 2.38. The van der Waals surface area contributed by atoms with Crippen LogP contribution < -0.4 is 0 Å². The molecular formula is C15H9BrO3. The van der Waals surface area contributed by atoms with E-state index in [0.717, 1.165) is 10.0 Å². The van der Waals surface area contributed by atoms with Gasteiger partial charge in [0.2, 0.25) is 0 Å². The van der Waals surface area contributed by atoms with Crippen LogP contribution in [0, 0.1) is 0 Å². The van der Waals surface area contributed by atoms with Crippen LogP contribution in [-0.2, 0) is 4.74 Å². The summed E-state index contributed by atoms with van der Waals surface area (Å²) in [6.45, 7) is 0. The van der Waals surface area contributed by atoms with E-state index in [-0.39, 0.29) is 5.78 Å². The number of hydrogen-bond acceptors (Lipinski definition) is 3. The first-order valence-electron chi connectivity index (χ1n) is 5.69. The molecule has 0 fully saturated rings. The van der Waals surface area contributed by atoms with Crippen LogP contribution in [0.1, 0.15) is 26.3 Å². The average Bonchev–Trinajstić information content (AvgIpc) is 2.71. The van der Waals surface area contributed by atoms with Crippen molar-refractivity contribution >= 4 is 27.7 Å². The number of hydrogen-bond donors (Lipinski definition) is 0. The molecule has 1 aliphatic rings. The zero-order valence-corrected chi connectivity index (χ0v) is 11.7. The number of ether oxygens (including phenoxy) is 1. The van der Waals surface area contributed by atoms with Crippen LogP contribution in [0.3, 0.4) is 0 Å². The lowest BCUT2D eigenvalue weighted by Gasteiger charge is -2.06. The third-order valence-electron chi connectivity index (χ3n) is 3.21. The summed E-state index contributed by atoms with van der Waals surface area (Å²) < 4.78 is 5.62. The van der Waals surface area contributed by atoms with E-state index in [9.17, 15) is 9.59 Å². The molecule has 1 aliphatic carbocycles. The molecule has 0 atom stereocenters. The maximum Gasteiger partial charge on any atom is 0.338 e. The summed E-state index contributed by atoms with van der Waals surface area (Å²) in [6, 6.07) is 10.6. The van der Waals surface area contributed by atoms with Crippen LogP contribution in [0.4, 0.5) is 0 Å². The SMILES string of the molecule is COC(=O)c1cccc2c1-c1ccc(Br)cc1C2=O. The van der Waals surface area contributed by atoms with E-state index < -0.39 is 5.97 Å². The molecule has 0 aromatic heterocycles. The molecular weight excluding hydrogens is 308 g/mol. The van der Waals surface area contributed by atoms with Crippen LogP contribution >= 0.6 is 15.9 Å². The molecule has 2 aromatic carbocycles. The van der Waals surface area contributed by atoms with Gasteiger partial charge < -0.3 is 4.74 Å². The van der Waals surface area contributed by atoms with Crippen molar-refractivity contribution in [3.05, 3.63) is 57.6 Å². The van der Waals surface area contributed by atoms with Crippen LogP contribution in [0.5, 0.6) is 0 Å². The summed E-state index contributed by atoms with van der Waals surface area (Å²) in [6.07, 6.45) is 0. The van der Waals surface area contributed by atoms with Gasteiger partial charge in [0.25, 0.3) is 0 Å². The second-order valence-electron chi connectivity index (χ2n) is 4.24. The molecule has 19 heavy (non-hydrogen) atoms. The Labute approximate surface area is 118 Å². The van der Waals surface area contributed by atoms with E-state index in [0.29, 0.717) is 22.3 Å². The smallest absolute Gasteiger partial charge is 0.338 e. The highest BCUT2D eigenvalue weighted by Gasteiger charge is 2.30. The van der Waals surface area contributed by atoms with Gasteiger partial charge in [-0.25, -0.2) is 4.79 Å². The molecule has 0 N–H and O–H groups in total. The lowest BCUT2D eigenvalue weighted by molar-refractivity contribution is 0.0601. The highest BCUT2D eigenvalue weighted by atomic mass is 79.9. The average molecular weight is 317 g/mol. The maximum absolute atomic E-state index is 12.3. The number of methoxy groups -OCH3 is 1. The van der Waals surface area contributed by atoms with Crippen molar-refractivity contribution in [3.8, 4) is 11.1 Å². The summed E-state index contributed by atoms with van der Waals surface area (Å²) in [5, 5.41) is 0. The van der Waals surface area contributed by atoms with Gasteiger partial charge in [0.1, 0.15) is 0 Å². The second kappa shape index (κ2) is 4.31. The molecule has 3 rings (SSSR count). The molecule has 0 radical (unpaired) electrons. The number of esters is 1. The van der Waals surface area contributed by atoms with E-state index in [2.05, 4.69) is 15.9 Å². The minimum absolute atomic E-state index is 0.0583. The van der Waals surface area contributed by atoms with Crippen LogP contribution in [-0.4, -0.2) is 18.9 Å². The van der Waals surface area contributed by atoms with Crippen molar-refractivity contribution in [2.45, 2.75) is 0 Å². The largest absolute Gasteiger partial charge is 0.465 e. The fraction of sp³-hybridized carbons (Fsp3) is 0.0667. The Bertz CT molecular complexity index is 719. The number of halogens is 1. The zero-order chi connectivity index (χ0) is 13.6. The monoisotopic (exact) mass is 316 g/mol. The number of fused-ring (bicyclic) bond motifs is 3. The summed E-state index contributed by atoms with van der Waals surface area (Å²) >= 11 is 3.35. The van der Waals surface area contributed by atoms with Gasteiger partial charge in [-0.05, 0) is 23.8 Å². The Hall–Kier alpha value is -1.94. The highest BCUT2D eigenvalue weighted by Crippen LogP contribution is 2.40. The number of carbonyl (C=O) groups is 2. The Morgan fingerprint density at radius 2 is 1.89 bits per heavy atom. The molecule has 0 saturated heterocycles. The first-order chi connectivity index (χ1) is 9.13. The Morgan fingerprint density at radius 1 is 1.11 bits per heavy atom. The summed E-state index contributed by atoms with van der Waals surface area (Å²) in [5.41, 5.74) is 3.04. The van der Waals surface area contributed by atoms with Gasteiger partial charge >= 0.3 is 5.97 Å². The quantitative estimate of drug-likeness (QED) is 0.646. The van der Waals surface area contributed by atoms with Crippen LogP contribution in [0.25, 0.3) is 11.1 Å². The van der Waals surface area contributed by atoms with Gasteiger partial charge in [0.15, 0.2) is 5.78 Å². The summed E-state index contributed by atoms with van der Waals surface area (Å²) in [5.74, 6) is -0.488. The summed E-state index contributed by atoms with van der Waals surface area (Å²) in [4.78, 5) is 24.1. The van der Waals surface area contributed by atoms with Crippen molar-refractivity contribution < 1.29 is 14.3 Å². The van der Waals surface area contributed by atoms with E-state index in [1.54, 1.807) is 24.3 Å². The highest BCUT2D eigenvalue weighted by molar-refractivity contribution is 9.10. The molecule has 3 nitrogen and oxygen atoms in total. The minimum atomic E-state index is -0.430. The first-order valence-corrected chi connectivity index (χ1v) is 6.48. The van der Waals surface area contributed by atoms with E-state index in [1.165, 1.54) is 7.11 Å². The number of carbonyl (C=O) groups excluding carboxylic acids is 2. The van der Waals surface area contributed by atoms with Gasteiger partial charge in [0, 0.05) is 21.2 Å². The Balaban J connectivity index is 2.34. The minimum Gasteiger partial charge on any atom is -0.465 e. The number of rotatable bonds is 1. The predicted octanol–water partition coefficient (Wildman–Crippen LogP) is 3.45. The standard InChI is InChI=1S/C15H9BrO3/c1-19-15(18)11-4-2-3-10-13(11)9-6-5-8(16)7-12(9)14(10)17/h2-7H,1H3. The van der Waals surface area contributed by atoms with Crippen molar-refractivity contribution in [3.63, 3.8) is 0 Å². The Morgan fingerprint density at radius 3 is 2.63 bits per heavy atom. The lowest BCUT2D eigenvalue weighted by Crippen LogP contribution is -2.04. The van der Waals surface area contributed by atoms with Crippen molar-refractivity contribution in [2.75, 3.05) is 7.11 Å². The van der Waals surface area contributed by atoms with E-state index in [4.69, 9.17) is 4.74 Å². The molecule has 0 saturated carbocycles. The molecule has 2 aromatic rings. The lowest BCUT2D eigenvalue weighted by atomic mass is 9.99. The topological polar surface area (TPSA) is 43.4 Å². The second-order valence-corrected chi connectivity index (χ2v) is 5.15. The van der Waals surface area contributed by atoms with Gasteiger partial charge in [-0.15, -0.1) is 0 Å². The Kier molecular flexibility index (Phi) is 2.75. The van der Waals surface area contributed by atoms with Gasteiger partial charge in [-0.1, -0.05) is 34.1 Å². The molecule has 0 amide bonds. The maximum atomic E-state index is 12.3. The molecule has 0 unspecified atom stereocenters. The van der Waals surface area contributed by atoms with Crippen molar-refractivity contribution in [1.82, 2.24) is 0 Å². The predicted molar refractivity (Wildman–Crippen MR) is 74.4 cm³/mol. The molecule has 0 spiro atoms. The van der Waals surface area contributed by atoms with Gasteiger partial charge in [-0.2, -0.15) is 0 Å². The third kappa shape index (κ3) is 1.71. The normalized spacial score (nSPS) is 12.0. The van der Waals surface area contributed by atoms with E-state index >= 15 is 0 Å². The van der Waals surface area contributed by atoms with Crippen molar-refractivity contribution in [1.29, 1.82) is 0 Å². The zero-order valence-electron chi connectivity index (χ0n) is 10.1. The molecule has 0 aliphatic heterocycles. The van der Waals surface area contributed by atoms with Crippen molar-refractivity contribution in [2.24, 2.45) is 0 Å². The molecule has 0 heterocycles. The summed E-state index contributed by atoms with van der Waals surface area (Å²) in [7, 11) is 1.33. The molecule has 4 heteroatoms. The fourth-order valence-corrected chi connectivity index (χ4v) is 2.74. The molecule has 0 bridgehead atoms. The van der Waals surface area contributed by atoms with E-state index in [1.807, 2.05) is 12.1 Å². The third-order valence-corrected chi connectivity index (χ3v) is 3.70. The van der Waals surface area contributed by atoms with Crippen LogP contribution in [0.15, 0.2) is 40.9 Å². The van der Waals surface area contributed by atoms with Gasteiger partial charge in [0.05, 0.1) is 12.7 Å². The number of benzene rings is 2. The number of ketones is 1. The van der Waals surface area contributed by atoms with Crippen LogP contribution in [0.2, 0.25) is 0 Å². The molecule has 94 valence electrons. The van der Waals surface area contributed by atoms with Gasteiger partial charge in [-0.3, -0.25) is 4.79 Å². The first kappa shape index (κ1) is 12.1.